The van der Waals surface area contributed by atoms with Gasteiger partial charge in [-0.2, -0.15) is 0 Å². The van der Waals surface area contributed by atoms with Crippen LogP contribution in [0.3, 0.4) is 0 Å². The molecule has 0 amide bonds. The molecule has 2 aromatic carbocycles. The fourth-order valence-corrected chi connectivity index (χ4v) is 2.04. The lowest BCUT2D eigenvalue weighted by atomic mass is 10.2. The molecule has 0 aliphatic heterocycles. The molecule has 0 saturated heterocycles. The number of hydrogen-bond acceptors (Lipinski definition) is 4. The number of para-hydroxylation sites is 2. The first kappa shape index (κ1) is 13.1. The number of hydrogen-bond donors (Lipinski definition) is 2. The van der Waals surface area contributed by atoms with Crippen molar-refractivity contribution in [2.75, 3.05) is 5.32 Å². The van der Waals surface area contributed by atoms with Crippen LogP contribution in [0.4, 0.5) is 11.5 Å². The number of fused-ring (bicyclic) bond motifs is 1. The number of nitrogens with one attached hydrogen (secondary N) is 1. The van der Waals surface area contributed by atoms with Crippen LogP contribution in [0.1, 0.15) is 16.1 Å². The van der Waals surface area contributed by atoms with E-state index < -0.39 is 5.97 Å². The predicted molar refractivity (Wildman–Crippen MR) is 81.0 cm³/mol. The third-order valence-electron chi connectivity index (χ3n) is 3.14. The zero-order valence-corrected chi connectivity index (χ0v) is 11.4. The van der Waals surface area contributed by atoms with E-state index >= 15 is 0 Å². The van der Waals surface area contributed by atoms with E-state index in [1.165, 1.54) is 0 Å². The number of anilines is 2. The van der Waals surface area contributed by atoms with Crippen molar-refractivity contribution < 1.29 is 9.90 Å². The van der Waals surface area contributed by atoms with Gasteiger partial charge in [-0.05, 0) is 43.3 Å². The maximum absolute atomic E-state index is 10.8. The first-order valence-corrected chi connectivity index (χ1v) is 6.47. The van der Waals surface area contributed by atoms with Crippen molar-refractivity contribution in [1.29, 1.82) is 0 Å². The van der Waals surface area contributed by atoms with E-state index in [0.717, 1.165) is 22.4 Å². The summed E-state index contributed by atoms with van der Waals surface area (Å²) in [5, 5.41) is 12.0. The zero-order chi connectivity index (χ0) is 14.8. The molecule has 1 heterocycles. The molecular formula is C16H13N3O2. The van der Waals surface area contributed by atoms with Gasteiger partial charge in [0.25, 0.3) is 0 Å². The first-order chi connectivity index (χ1) is 10.1. The molecule has 0 radical (unpaired) electrons. The summed E-state index contributed by atoms with van der Waals surface area (Å²) in [5.74, 6) is -0.278. The Balaban J connectivity index is 1.93. The number of carboxylic acid groups (broad SMARTS) is 1. The number of aryl methyl sites for hydroxylation is 1. The van der Waals surface area contributed by atoms with Crippen LogP contribution in [0, 0.1) is 6.92 Å². The highest BCUT2D eigenvalue weighted by Crippen LogP contribution is 2.20. The van der Waals surface area contributed by atoms with Gasteiger partial charge in [-0.25, -0.2) is 14.8 Å². The highest BCUT2D eigenvalue weighted by Gasteiger charge is 2.06. The lowest BCUT2D eigenvalue weighted by Gasteiger charge is -2.09. The van der Waals surface area contributed by atoms with Crippen molar-refractivity contribution >= 4 is 28.5 Å². The van der Waals surface area contributed by atoms with E-state index in [-0.39, 0.29) is 5.56 Å². The van der Waals surface area contributed by atoms with Gasteiger partial charge in [0, 0.05) is 5.69 Å². The Labute approximate surface area is 121 Å². The SMILES string of the molecule is Cc1nc2ccccc2nc1Nc1ccc(C(=O)O)cc1. The second kappa shape index (κ2) is 5.20. The number of aromatic carboxylic acids is 1. The van der Waals surface area contributed by atoms with E-state index in [1.54, 1.807) is 24.3 Å². The quantitative estimate of drug-likeness (QED) is 0.768. The second-order valence-corrected chi connectivity index (χ2v) is 4.65. The molecule has 0 unspecified atom stereocenters. The van der Waals surface area contributed by atoms with Gasteiger partial charge in [0.05, 0.1) is 22.3 Å². The third kappa shape index (κ3) is 2.67. The Kier molecular flexibility index (Phi) is 3.23. The minimum atomic E-state index is -0.941. The van der Waals surface area contributed by atoms with Crippen LogP contribution in [0.15, 0.2) is 48.5 Å². The van der Waals surface area contributed by atoms with Crippen LogP contribution in [-0.2, 0) is 0 Å². The summed E-state index contributed by atoms with van der Waals surface area (Å²) in [7, 11) is 0. The van der Waals surface area contributed by atoms with Crippen molar-refractivity contribution in [2.24, 2.45) is 0 Å². The molecule has 0 atom stereocenters. The highest BCUT2D eigenvalue weighted by atomic mass is 16.4. The first-order valence-electron chi connectivity index (χ1n) is 6.47. The molecule has 5 nitrogen and oxygen atoms in total. The van der Waals surface area contributed by atoms with Gasteiger partial charge >= 0.3 is 5.97 Å². The van der Waals surface area contributed by atoms with Crippen LogP contribution in [-0.4, -0.2) is 21.0 Å². The second-order valence-electron chi connectivity index (χ2n) is 4.65. The molecule has 0 aliphatic carbocycles. The Bertz CT molecular complexity index is 813. The zero-order valence-electron chi connectivity index (χ0n) is 11.4. The van der Waals surface area contributed by atoms with E-state index in [2.05, 4.69) is 15.3 Å². The standard InChI is InChI=1S/C16H13N3O2/c1-10-15(19-14-5-3-2-4-13(14)17-10)18-12-8-6-11(7-9-12)16(20)21/h2-9H,1H3,(H,18,19)(H,20,21). The van der Waals surface area contributed by atoms with Crippen LogP contribution < -0.4 is 5.32 Å². The van der Waals surface area contributed by atoms with Gasteiger partial charge in [-0.3, -0.25) is 0 Å². The van der Waals surface area contributed by atoms with Crippen LogP contribution in [0.2, 0.25) is 0 Å². The molecule has 104 valence electrons. The third-order valence-corrected chi connectivity index (χ3v) is 3.14. The number of carbonyl (C=O) groups is 1. The summed E-state index contributed by atoms with van der Waals surface area (Å²) in [4.78, 5) is 19.9. The molecule has 5 heteroatoms. The lowest BCUT2D eigenvalue weighted by Crippen LogP contribution is -2.00. The van der Waals surface area contributed by atoms with Crippen molar-refractivity contribution in [3.05, 3.63) is 59.8 Å². The molecule has 0 spiro atoms. The maximum atomic E-state index is 10.8. The molecule has 1 aromatic heterocycles. The number of nitrogens with zero attached hydrogens (tertiary/aromatic N) is 2. The van der Waals surface area contributed by atoms with Crippen LogP contribution in [0.25, 0.3) is 11.0 Å². The Morgan fingerprint density at radius 3 is 2.24 bits per heavy atom. The van der Waals surface area contributed by atoms with Crippen molar-refractivity contribution in [3.63, 3.8) is 0 Å². The van der Waals surface area contributed by atoms with Crippen LogP contribution in [0.5, 0.6) is 0 Å². The van der Waals surface area contributed by atoms with Crippen LogP contribution >= 0.6 is 0 Å². The molecular weight excluding hydrogens is 266 g/mol. The van der Waals surface area contributed by atoms with E-state index in [9.17, 15) is 4.79 Å². The summed E-state index contributed by atoms with van der Waals surface area (Å²) in [6.07, 6.45) is 0. The van der Waals surface area contributed by atoms with Crippen molar-refractivity contribution in [1.82, 2.24) is 9.97 Å². The number of rotatable bonds is 3. The summed E-state index contributed by atoms with van der Waals surface area (Å²) < 4.78 is 0. The summed E-state index contributed by atoms with van der Waals surface area (Å²) in [5.41, 5.74) is 3.47. The van der Waals surface area contributed by atoms with E-state index in [4.69, 9.17) is 5.11 Å². The van der Waals surface area contributed by atoms with Gasteiger partial charge in [0.2, 0.25) is 0 Å². The van der Waals surface area contributed by atoms with Gasteiger partial charge in [-0.15, -0.1) is 0 Å². The predicted octanol–water partition coefficient (Wildman–Crippen LogP) is 3.38. The Morgan fingerprint density at radius 2 is 1.62 bits per heavy atom. The smallest absolute Gasteiger partial charge is 0.335 e. The summed E-state index contributed by atoms with van der Waals surface area (Å²) in [6.45, 7) is 1.88. The van der Waals surface area contributed by atoms with E-state index in [1.807, 2.05) is 31.2 Å². The minimum Gasteiger partial charge on any atom is -0.478 e. The fraction of sp³-hybridized carbons (Fsp3) is 0.0625. The highest BCUT2D eigenvalue weighted by molar-refractivity contribution is 5.88. The average Bonchev–Trinajstić information content (AvgIpc) is 2.48. The maximum Gasteiger partial charge on any atom is 0.335 e. The van der Waals surface area contributed by atoms with Gasteiger partial charge in [0.15, 0.2) is 5.82 Å². The largest absolute Gasteiger partial charge is 0.478 e. The monoisotopic (exact) mass is 279 g/mol. The number of benzene rings is 2. The lowest BCUT2D eigenvalue weighted by molar-refractivity contribution is 0.0697. The summed E-state index contributed by atoms with van der Waals surface area (Å²) in [6, 6.07) is 14.2. The summed E-state index contributed by atoms with van der Waals surface area (Å²) >= 11 is 0. The minimum absolute atomic E-state index is 0.252. The molecule has 3 rings (SSSR count). The van der Waals surface area contributed by atoms with Crippen molar-refractivity contribution in [2.45, 2.75) is 6.92 Å². The molecule has 0 bridgehead atoms. The normalized spacial score (nSPS) is 10.5. The molecule has 3 aromatic rings. The molecule has 2 N–H and O–H groups in total. The molecule has 0 saturated carbocycles. The van der Waals surface area contributed by atoms with Gasteiger partial charge in [0.1, 0.15) is 0 Å². The Hall–Kier alpha value is -2.95. The van der Waals surface area contributed by atoms with Crippen molar-refractivity contribution in [3.8, 4) is 0 Å². The van der Waals surface area contributed by atoms with Gasteiger partial charge < -0.3 is 10.4 Å². The molecule has 0 aliphatic rings. The fourth-order valence-electron chi connectivity index (χ4n) is 2.04. The average molecular weight is 279 g/mol. The van der Waals surface area contributed by atoms with E-state index in [0.29, 0.717) is 5.82 Å². The topological polar surface area (TPSA) is 75.1 Å². The number of carboxylic acids is 1. The molecule has 21 heavy (non-hydrogen) atoms. The Morgan fingerprint density at radius 1 is 1.00 bits per heavy atom. The van der Waals surface area contributed by atoms with Gasteiger partial charge in [-0.1, -0.05) is 12.1 Å². The molecule has 0 fully saturated rings. The number of aromatic nitrogens is 2.